The average molecular weight is 197 g/mol. The van der Waals surface area contributed by atoms with Gasteiger partial charge in [0.25, 0.3) is 0 Å². The summed E-state index contributed by atoms with van der Waals surface area (Å²) >= 11 is 0. The fraction of sp³-hybridized carbons (Fsp3) is 1.00. The molecular weight excluding hydrogens is 170 g/mol. The number of hydrogen-bond donors (Lipinski definition) is 1. The van der Waals surface area contributed by atoms with Crippen LogP contribution < -0.4 is 5.32 Å². The molecule has 0 aromatic carbocycles. The molecule has 1 atom stereocenters. The monoisotopic (exact) mass is 197 g/mol. The second-order valence-electron chi connectivity index (χ2n) is 5.64. The normalized spacial score (nSPS) is 26.8. The summed E-state index contributed by atoms with van der Waals surface area (Å²) in [7, 11) is 0. The van der Waals surface area contributed by atoms with Gasteiger partial charge in [-0.15, -0.1) is 0 Å². The Kier molecular flexibility index (Phi) is 4.43. The van der Waals surface area contributed by atoms with Gasteiger partial charge in [0.05, 0.1) is 0 Å². The lowest BCUT2D eigenvalue weighted by Gasteiger charge is -2.37. The Morgan fingerprint density at radius 2 is 1.93 bits per heavy atom. The van der Waals surface area contributed by atoms with Crippen LogP contribution in [0.5, 0.6) is 0 Å². The Labute approximate surface area is 89.7 Å². The summed E-state index contributed by atoms with van der Waals surface area (Å²) in [5.74, 6) is 0. The molecule has 0 heterocycles. The van der Waals surface area contributed by atoms with Gasteiger partial charge in [-0.05, 0) is 37.5 Å². The molecule has 1 aliphatic rings. The minimum Gasteiger partial charge on any atom is -0.311 e. The molecule has 0 aliphatic heterocycles. The minimum absolute atomic E-state index is 0.571. The first-order valence-electron chi connectivity index (χ1n) is 6.33. The van der Waals surface area contributed by atoms with Gasteiger partial charge in [0.15, 0.2) is 0 Å². The van der Waals surface area contributed by atoms with Crippen LogP contribution in [0, 0.1) is 5.41 Å². The van der Waals surface area contributed by atoms with E-state index in [4.69, 9.17) is 0 Å². The fourth-order valence-corrected chi connectivity index (χ4v) is 2.70. The highest BCUT2D eigenvalue weighted by Crippen LogP contribution is 2.35. The van der Waals surface area contributed by atoms with E-state index in [1.54, 1.807) is 0 Å². The van der Waals surface area contributed by atoms with Gasteiger partial charge in [0.1, 0.15) is 0 Å². The Balaban J connectivity index is 2.37. The van der Waals surface area contributed by atoms with Crippen LogP contribution in [0.15, 0.2) is 0 Å². The van der Waals surface area contributed by atoms with Gasteiger partial charge in [0, 0.05) is 12.1 Å². The second kappa shape index (κ2) is 5.16. The van der Waals surface area contributed by atoms with Crippen molar-refractivity contribution < 1.29 is 0 Å². The third-order valence-electron chi connectivity index (χ3n) is 3.66. The Morgan fingerprint density at radius 3 is 2.43 bits per heavy atom. The third-order valence-corrected chi connectivity index (χ3v) is 3.66. The molecule has 0 radical (unpaired) electrons. The van der Waals surface area contributed by atoms with Crippen LogP contribution in [0.25, 0.3) is 0 Å². The Morgan fingerprint density at radius 1 is 1.29 bits per heavy atom. The zero-order valence-corrected chi connectivity index (χ0v) is 10.4. The summed E-state index contributed by atoms with van der Waals surface area (Å²) in [4.78, 5) is 0. The molecule has 0 amide bonds. The highest BCUT2D eigenvalue weighted by Gasteiger charge is 2.28. The smallest absolute Gasteiger partial charge is 0.00747 e. The van der Waals surface area contributed by atoms with Gasteiger partial charge >= 0.3 is 0 Å². The molecule has 1 N–H and O–H groups in total. The molecule has 1 aliphatic carbocycles. The quantitative estimate of drug-likeness (QED) is 0.724. The van der Waals surface area contributed by atoms with Crippen molar-refractivity contribution in [3.63, 3.8) is 0 Å². The van der Waals surface area contributed by atoms with Gasteiger partial charge in [-0.25, -0.2) is 0 Å². The highest BCUT2D eigenvalue weighted by molar-refractivity contribution is 4.84. The predicted molar refractivity (Wildman–Crippen MR) is 63.5 cm³/mol. The van der Waals surface area contributed by atoms with Crippen molar-refractivity contribution in [2.45, 2.75) is 78.3 Å². The van der Waals surface area contributed by atoms with E-state index in [0.29, 0.717) is 5.41 Å². The number of hydrogen-bond acceptors (Lipinski definition) is 1. The molecule has 0 spiro atoms. The van der Waals surface area contributed by atoms with E-state index in [1.165, 1.54) is 38.5 Å². The molecule has 1 nitrogen and oxygen atoms in total. The molecule has 0 unspecified atom stereocenters. The Hall–Kier alpha value is -0.0400. The SMILES string of the molecule is CCC(CC)N[C@H]1CCCC(C)(C)C1. The van der Waals surface area contributed by atoms with Crippen LogP contribution in [-0.4, -0.2) is 12.1 Å². The first-order valence-corrected chi connectivity index (χ1v) is 6.33. The van der Waals surface area contributed by atoms with Crippen LogP contribution in [0.1, 0.15) is 66.2 Å². The molecule has 84 valence electrons. The van der Waals surface area contributed by atoms with Crippen molar-refractivity contribution in [3.8, 4) is 0 Å². The van der Waals surface area contributed by atoms with Crippen molar-refractivity contribution in [1.82, 2.24) is 5.32 Å². The van der Waals surface area contributed by atoms with E-state index >= 15 is 0 Å². The maximum Gasteiger partial charge on any atom is 0.00747 e. The molecule has 1 rings (SSSR count). The van der Waals surface area contributed by atoms with Crippen LogP contribution >= 0.6 is 0 Å². The first-order chi connectivity index (χ1) is 6.57. The van der Waals surface area contributed by atoms with Gasteiger partial charge in [-0.2, -0.15) is 0 Å². The summed E-state index contributed by atoms with van der Waals surface area (Å²) in [6.45, 7) is 9.39. The lowest BCUT2D eigenvalue weighted by Crippen LogP contribution is -2.42. The summed E-state index contributed by atoms with van der Waals surface area (Å²) in [6.07, 6.45) is 8.11. The van der Waals surface area contributed by atoms with Crippen LogP contribution in [0.2, 0.25) is 0 Å². The number of rotatable bonds is 4. The van der Waals surface area contributed by atoms with Crippen LogP contribution in [0.4, 0.5) is 0 Å². The van der Waals surface area contributed by atoms with E-state index in [1.807, 2.05) is 0 Å². The second-order valence-corrected chi connectivity index (χ2v) is 5.64. The fourth-order valence-electron chi connectivity index (χ4n) is 2.70. The zero-order chi connectivity index (χ0) is 10.6. The lowest BCUT2D eigenvalue weighted by molar-refractivity contribution is 0.187. The summed E-state index contributed by atoms with van der Waals surface area (Å²) in [6, 6.07) is 1.53. The van der Waals surface area contributed by atoms with E-state index < -0.39 is 0 Å². The zero-order valence-electron chi connectivity index (χ0n) is 10.4. The highest BCUT2D eigenvalue weighted by atomic mass is 14.9. The molecule has 1 heteroatoms. The van der Waals surface area contributed by atoms with Crippen LogP contribution in [-0.2, 0) is 0 Å². The van der Waals surface area contributed by atoms with Crippen molar-refractivity contribution in [1.29, 1.82) is 0 Å². The summed E-state index contributed by atoms with van der Waals surface area (Å²) < 4.78 is 0. The van der Waals surface area contributed by atoms with Gasteiger partial charge in [0.2, 0.25) is 0 Å². The summed E-state index contributed by atoms with van der Waals surface area (Å²) in [5, 5.41) is 3.81. The number of nitrogens with one attached hydrogen (secondary N) is 1. The topological polar surface area (TPSA) is 12.0 Å². The summed E-state index contributed by atoms with van der Waals surface area (Å²) in [5.41, 5.74) is 0.571. The van der Waals surface area contributed by atoms with Crippen molar-refractivity contribution in [3.05, 3.63) is 0 Å². The molecule has 0 aromatic heterocycles. The lowest BCUT2D eigenvalue weighted by atomic mass is 9.75. The molecule has 0 aromatic rings. The van der Waals surface area contributed by atoms with Gasteiger partial charge in [-0.3, -0.25) is 0 Å². The molecule has 0 bridgehead atoms. The minimum atomic E-state index is 0.571. The van der Waals surface area contributed by atoms with Crippen molar-refractivity contribution in [2.24, 2.45) is 5.41 Å². The van der Waals surface area contributed by atoms with Crippen molar-refractivity contribution in [2.75, 3.05) is 0 Å². The maximum atomic E-state index is 3.81. The Bertz CT molecular complexity index is 159. The van der Waals surface area contributed by atoms with E-state index in [-0.39, 0.29) is 0 Å². The molecule has 0 saturated heterocycles. The molecular formula is C13H27N. The maximum absolute atomic E-state index is 3.81. The van der Waals surface area contributed by atoms with Crippen LogP contribution in [0.3, 0.4) is 0 Å². The van der Waals surface area contributed by atoms with E-state index in [9.17, 15) is 0 Å². The molecule has 1 fully saturated rings. The largest absolute Gasteiger partial charge is 0.311 e. The molecule has 14 heavy (non-hydrogen) atoms. The average Bonchev–Trinajstić information content (AvgIpc) is 2.12. The van der Waals surface area contributed by atoms with E-state index in [0.717, 1.165) is 12.1 Å². The van der Waals surface area contributed by atoms with E-state index in [2.05, 4.69) is 33.0 Å². The predicted octanol–water partition coefficient (Wildman–Crippen LogP) is 3.73. The van der Waals surface area contributed by atoms with Gasteiger partial charge in [-0.1, -0.05) is 34.1 Å². The third kappa shape index (κ3) is 3.61. The standard InChI is InChI=1S/C13H27N/c1-5-11(6-2)14-12-8-7-9-13(3,4)10-12/h11-12,14H,5-10H2,1-4H3/t12-/m0/s1. The van der Waals surface area contributed by atoms with Gasteiger partial charge < -0.3 is 5.32 Å². The molecule has 1 saturated carbocycles. The first kappa shape index (κ1) is 12.0. The van der Waals surface area contributed by atoms with Crippen molar-refractivity contribution >= 4 is 0 Å².